The van der Waals surface area contributed by atoms with Crippen molar-refractivity contribution < 1.29 is 22.4 Å². The van der Waals surface area contributed by atoms with Crippen LogP contribution in [-0.4, -0.2) is 21.8 Å². The normalized spacial score (nSPS) is 23.2. The molecule has 0 fully saturated rings. The van der Waals surface area contributed by atoms with Crippen LogP contribution in [0.25, 0.3) is 0 Å². The SMILES string of the molecule is NC(=Nc1cc(Br)ccc1Br)C1C[NH+]([O-])c2cc(C(F)(F)F)ccc2S1=O. The summed E-state index contributed by atoms with van der Waals surface area (Å²) in [5.41, 5.74) is 5.34. The number of amidine groups is 1. The largest absolute Gasteiger partial charge is 0.629 e. The molecule has 3 N–H and O–H groups in total. The molecule has 2 aromatic carbocycles. The molecule has 1 heterocycles. The Morgan fingerprint density at radius 3 is 2.63 bits per heavy atom. The van der Waals surface area contributed by atoms with E-state index in [0.29, 0.717) is 10.2 Å². The van der Waals surface area contributed by atoms with Crippen molar-refractivity contribution in [1.82, 2.24) is 0 Å². The van der Waals surface area contributed by atoms with Gasteiger partial charge in [-0.3, -0.25) is 4.21 Å². The molecule has 0 aliphatic carbocycles. The van der Waals surface area contributed by atoms with Gasteiger partial charge in [-0.25, -0.2) is 4.99 Å². The Bertz CT molecular complexity index is 953. The number of hydrogen-bond donors (Lipinski definition) is 2. The van der Waals surface area contributed by atoms with E-state index in [1.165, 1.54) is 0 Å². The molecule has 1 aliphatic heterocycles. The third-order valence-electron chi connectivity index (χ3n) is 3.94. The highest BCUT2D eigenvalue weighted by molar-refractivity contribution is 9.11. The summed E-state index contributed by atoms with van der Waals surface area (Å²) < 4.78 is 52.8. The minimum Gasteiger partial charge on any atom is -0.629 e. The molecule has 5 nitrogen and oxygen atoms in total. The first kappa shape index (κ1) is 20.5. The maximum atomic E-state index is 12.9. The van der Waals surface area contributed by atoms with Crippen molar-refractivity contribution in [3.63, 3.8) is 0 Å². The first-order chi connectivity index (χ1) is 12.6. The van der Waals surface area contributed by atoms with Crippen molar-refractivity contribution in [3.8, 4) is 0 Å². The number of alkyl halides is 3. The Hall–Kier alpha value is -1.27. The number of hydrogen-bond acceptors (Lipinski definition) is 3. The maximum Gasteiger partial charge on any atom is 0.416 e. The predicted octanol–water partition coefficient (Wildman–Crippen LogP) is 3.42. The van der Waals surface area contributed by atoms with Crippen LogP contribution < -0.4 is 10.8 Å². The van der Waals surface area contributed by atoms with Gasteiger partial charge in [-0.1, -0.05) is 15.9 Å². The fraction of sp³-hybridized carbons (Fsp3) is 0.188. The Labute approximate surface area is 171 Å². The van der Waals surface area contributed by atoms with E-state index in [2.05, 4.69) is 36.9 Å². The summed E-state index contributed by atoms with van der Waals surface area (Å²) >= 11 is 6.64. The third kappa shape index (κ3) is 4.27. The summed E-state index contributed by atoms with van der Waals surface area (Å²) in [6, 6.07) is 7.84. The van der Waals surface area contributed by atoms with Crippen molar-refractivity contribution in [2.75, 3.05) is 6.54 Å². The van der Waals surface area contributed by atoms with Crippen LogP contribution >= 0.6 is 31.9 Å². The Balaban J connectivity index is 1.97. The first-order valence-electron chi connectivity index (χ1n) is 7.52. The molecule has 0 bridgehead atoms. The number of hydroxylamine groups is 1. The molecule has 0 saturated carbocycles. The zero-order valence-corrected chi connectivity index (χ0v) is 17.4. The number of aliphatic imine (C=N–C) groups is 1. The van der Waals surface area contributed by atoms with E-state index in [0.717, 1.165) is 22.7 Å². The second-order valence-electron chi connectivity index (χ2n) is 5.75. The molecule has 0 radical (unpaired) electrons. The van der Waals surface area contributed by atoms with Gasteiger partial charge < -0.3 is 16.0 Å². The van der Waals surface area contributed by atoms with E-state index >= 15 is 0 Å². The molecule has 1 aliphatic rings. The summed E-state index contributed by atoms with van der Waals surface area (Å²) in [5.74, 6) is -0.0222. The van der Waals surface area contributed by atoms with Crippen molar-refractivity contribution in [1.29, 1.82) is 0 Å². The monoisotopic (exact) mass is 525 g/mol. The quantitative estimate of drug-likeness (QED) is 0.357. The van der Waals surface area contributed by atoms with Gasteiger partial charge in [0.2, 0.25) is 0 Å². The van der Waals surface area contributed by atoms with Crippen LogP contribution in [0.1, 0.15) is 5.56 Å². The summed E-state index contributed by atoms with van der Waals surface area (Å²) in [6.07, 6.45) is -4.58. The zero-order valence-electron chi connectivity index (χ0n) is 13.4. The molecule has 144 valence electrons. The van der Waals surface area contributed by atoms with Crippen LogP contribution in [0.3, 0.4) is 0 Å². The second kappa shape index (κ2) is 7.63. The Kier molecular flexibility index (Phi) is 5.78. The molecule has 11 heteroatoms. The Morgan fingerprint density at radius 2 is 1.96 bits per heavy atom. The summed E-state index contributed by atoms with van der Waals surface area (Å²) in [7, 11) is -1.80. The van der Waals surface area contributed by atoms with Gasteiger partial charge in [0.05, 0.1) is 22.1 Å². The molecule has 0 amide bonds. The number of fused-ring (bicyclic) bond motifs is 1. The number of benzene rings is 2. The summed E-state index contributed by atoms with van der Waals surface area (Å²) in [6.45, 7) is -0.276. The van der Waals surface area contributed by atoms with Crippen LogP contribution in [0.4, 0.5) is 24.5 Å². The van der Waals surface area contributed by atoms with E-state index in [1.54, 1.807) is 18.2 Å². The highest BCUT2D eigenvalue weighted by Gasteiger charge is 2.38. The molecule has 3 atom stereocenters. The lowest BCUT2D eigenvalue weighted by Crippen LogP contribution is -3.05. The number of nitrogens with two attached hydrogens (primary N) is 1. The zero-order chi connectivity index (χ0) is 19.9. The van der Waals surface area contributed by atoms with Crippen molar-refractivity contribution in [2.45, 2.75) is 16.3 Å². The lowest BCUT2D eigenvalue weighted by Gasteiger charge is -2.33. The summed E-state index contributed by atoms with van der Waals surface area (Å²) in [4.78, 5) is 4.29. The van der Waals surface area contributed by atoms with Crippen LogP contribution in [0.15, 0.2) is 55.2 Å². The van der Waals surface area contributed by atoms with E-state index in [4.69, 9.17) is 5.73 Å². The molecular formula is C16H12Br2F3N3O2S. The molecular weight excluding hydrogens is 515 g/mol. The van der Waals surface area contributed by atoms with E-state index in [-0.39, 0.29) is 23.0 Å². The highest BCUT2D eigenvalue weighted by Crippen LogP contribution is 2.34. The fourth-order valence-corrected chi connectivity index (χ4v) is 4.76. The third-order valence-corrected chi connectivity index (χ3v) is 6.82. The fourth-order valence-electron chi connectivity index (χ4n) is 2.60. The van der Waals surface area contributed by atoms with Crippen LogP contribution in [0.5, 0.6) is 0 Å². The number of nitrogens with zero attached hydrogens (tertiary/aromatic N) is 1. The molecule has 0 spiro atoms. The van der Waals surface area contributed by atoms with Gasteiger partial charge in [-0.15, -0.1) is 0 Å². The van der Waals surface area contributed by atoms with Gasteiger partial charge in [-0.05, 0) is 46.3 Å². The van der Waals surface area contributed by atoms with Crippen molar-refractivity contribution in [2.24, 2.45) is 10.7 Å². The van der Waals surface area contributed by atoms with Crippen molar-refractivity contribution >= 4 is 59.9 Å². The summed E-state index contributed by atoms with van der Waals surface area (Å²) in [5, 5.41) is 10.9. The number of quaternary nitrogens is 1. The number of nitrogens with one attached hydrogen (secondary N) is 1. The van der Waals surface area contributed by atoms with Gasteiger partial charge in [0.15, 0.2) is 0 Å². The van der Waals surface area contributed by atoms with Crippen LogP contribution in [0.2, 0.25) is 0 Å². The van der Waals surface area contributed by atoms with Gasteiger partial charge in [0.1, 0.15) is 28.2 Å². The maximum absolute atomic E-state index is 12.9. The molecule has 0 aromatic heterocycles. The average Bonchev–Trinajstić information content (AvgIpc) is 2.60. The van der Waals surface area contributed by atoms with Gasteiger partial charge in [0.25, 0.3) is 0 Å². The van der Waals surface area contributed by atoms with Crippen LogP contribution in [-0.2, 0) is 17.0 Å². The Morgan fingerprint density at radius 1 is 1.26 bits per heavy atom. The van der Waals surface area contributed by atoms with Gasteiger partial charge in [-0.2, -0.15) is 13.2 Å². The number of halogens is 5. The highest BCUT2D eigenvalue weighted by atomic mass is 79.9. The molecule has 3 rings (SSSR count). The lowest BCUT2D eigenvalue weighted by atomic mass is 10.2. The van der Waals surface area contributed by atoms with E-state index in [1.807, 2.05) is 0 Å². The minimum atomic E-state index is -4.58. The van der Waals surface area contributed by atoms with Crippen molar-refractivity contribution in [3.05, 3.63) is 56.1 Å². The first-order valence-corrected chi connectivity index (χ1v) is 10.3. The molecule has 0 saturated heterocycles. The van der Waals surface area contributed by atoms with E-state index < -0.39 is 32.9 Å². The second-order valence-corrected chi connectivity index (χ2v) is 9.13. The minimum absolute atomic E-state index is 0.0222. The number of rotatable bonds is 2. The van der Waals surface area contributed by atoms with E-state index in [9.17, 15) is 22.6 Å². The predicted molar refractivity (Wildman–Crippen MR) is 104 cm³/mol. The van der Waals surface area contributed by atoms with Crippen LogP contribution in [0, 0.1) is 5.21 Å². The average molecular weight is 527 g/mol. The lowest BCUT2D eigenvalue weighted by molar-refractivity contribution is -0.777. The standard InChI is InChI=1S/C16H12Br2F3N3O2S/c17-9-2-3-10(18)11(6-9)23-15(22)14-7-24(25)12-5-8(16(19,20)21)1-4-13(12)27(14)26/h1-6,14,24H,7H2,(H2,22,23). The topological polar surface area (TPSA) is 82.9 Å². The van der Waals surface area contributed by atoms with Gasteiger partial charge in [0, 0.05) is 15.0 Å². The molecule has 3 unspecified atom stereocenters. The molecule has 2 aromatic rings. The van der Waals surface area contributed by atoms with Gasteiger partial charge >= 0.3 is 6.18 Å². The molecule has 27 heavy (non-hydrogen) atoms. The smallest absolute Gasteiger partial charge is 0.416 e.